The Morgan fingerprint density at radius 2 is 2.22 bits per heavy atom. The quantitative estimate of drug-likeness (QED) is 0.844. The average molecular weight is 243 g/mol. The number of rotatable bonds is 2. The predicted octanol–water partition coefficient (Wildman–Crippen LogP) is 1.92. The summed E-state index contributed by atoms with van der Waals surface area (Å²) in [5, 5.41) is 4.93. The summed E-state index contributed by atoms with van der Waals surface area (Å²) in [6, 6.07) is 9.56. The van der Waals surface area contributed by atoms with Crippen LogP contribution >= 0.6 is 0 Å². The van der Waals surface area contributed by atoms with Gasteiger partial charge in [-0.2, -0.15) is 0 Å². The number of hydrogen-bond acceptors (Lipinski definition) is 2. The van der Waals surface area contributed by atoms with Crippen molar-refractivity contribution in [3.63, 3.8) is 0 Å². The summed E-state index contributed by atoms with van der Waals surface area (Å²) in [5.74, 6) is 0. The molecule has 0 saturated carbocycles. The molecule has 2 heterocycles. The van der Waals surface area contributed by atoms with E-state index in [1.807, 2.05) is 0 Å². The summed E-state index contributed by atoms with van der Waals surface area (Å²) in [5.41, 5.74) is 3.90. The Bertz CT molecular complexity index is 544. The van der Waals surface area contributed by atoms with Crippen molar-refractivity contribution < 1.29 is 0 Å². The lowest BCUT2D eigenvalue weighted by atomic mass is 10.0. The lowest BCUT2D eigenvalue weighted by Gasteiger charge is -2.31. The minimum atomic E-state index is 0.584. The van der Waals surface area contributed by atoms with Gasteiger partial charge in [-0.1, -0.05) is 6.07 Å². The van der Waals surface area contributed by atoms with Crippen molar-refractivity contribution >= 4 is 10.9 Å². The Morgan fingerprint density at radius 3 is 3.06 bits per heavy atom. The highest BCUT2D eigenvalue weighted by molar-refractivity contribution is 5.81. The van der Waals surface area contributed by atoms with Crippen molar-refractivity contribution in [1.29, 1.82) is 0 Å². The number of aryl methyl sites for hydroxylation is 1. The van der Waals surface area contributed by atoms with Gasteiger partial charge < -0.3 is 15.2 Å². The standard InChI is InChI=1S/C15H21N3/c1-11-7-13-8-12(3-4-15(13)17-11)9-14-10-18(2)6-5-16-14/h3-4,7-8,14,16-17H,5-6,9-10H2,1-2H3. The fraction of sp³-hybridized carbons (Fsp3) is 0.467. The second kappa shape index (κ2) is 4.75. The molecular formula is C15H21N3. The molecule has 1 aromatic heterocycles. The van der Waals surface area contributed by atoms with E-state index in [-0.39, 0.29) is 0 Å². The van der Waals surface area contributed by atoms with Gasteiger partial charge in [0.25, 0.3) is 0 Å². The highest BCUT2D eigenvalue weighted by atomic mass is 15.2. The van der Waals surface area contributed by atoms with Crippen LogP contribution in [0.5, 0.6) is 0 Å². The molecule has 0 radical (unpaired) electrons. The van der Waals surface area contributed by atoms with Gasteiger partial charge >= 0.3 is 0 Å². The molecule has 3 rings (SSSR count). The van der Waals surface area contributed by atoms with Crippen LogP contribution < -0.4 is 5.32 Å². The average Bonchev–Trinajstić information content (AvgIpc) is 2.68. The summed E-state index contributed by atoms with van der Waals surface area (Å²) in [7, 11) is 2.20. The molecule has 1 atom stereocenters. The molecule has 1 aliphatic heterocycles. The second-order valence-electron chi connectivity index (χ2n) is 5.49. The molecule has 1 unspecified atom stereocenters. The number of nitrogens with zero attached hydrogens (tertiary/aromatic N) is 1. The van der Waals surface area contributed by atoms with E-state index in [2.05, 4.69) is 53.4 Å². The zero-order valence-electron chi connectivity index (χ0n) is 11.2. The molecule has 0 amide bonds. The van der Waals surface area contributed by atoms with E-state index in [0.717, 1.165) is 26.1 Å². The summed E-state index contributed by atoms with van der Waals surface area (Å²) < 4.78 is 0. The molecule has 3 heteroatoms. The topological polar surface area (TPSA) is 31.1 Å². The number of piperazine rings is 1. The van der Waals surface area contributed by atoms with E-state index in [4.69, 9.17) is 0 Å². The molecule has 96 valence electrons. The molecule has 3 nitrogen and oxygen atoms in total. The number of hydrogen-bond donors (Lipinski definition) is 2. The normalized spacial score (nSPS) is 21.6. The fourth-order valence-corrected chi connectivity index (χ4v) is 2.87. The fourth-order valence-electron chi connectivity index (χ4n) is 2.87. The smallest absolute Gasteiger partial charge is 0.0456 e. The van der Waals surface area contributed by atoms with Crippen LogP contribution in [0, 0.1) is 6.92 Å². The molecule has 2 aromatic rings. The van der Waals surface area contributed by atoms with Crippen LogP contribution in [0.4, 0.5) is 0 Å². The lowest BCUT2D eigenvalue weighted by Crippen LogP contribution is -2.49. The summed E-state index contributed by atoms with van der Waals surface area (Å²) in [4.78, 5) is 5.78. The van der Waals surface area contributed by atoms with Crippen LogP contribution in [0.3, 0.4) is 0 Å². The van der Waals surface area contributed by atoms with Gasteiger partial charge in [-0.3, -0.25) is 0 Å². The molecule has 1 saturated heterocycles. The molecular weight excluding hydrogens is 222 g/mol. The van der Waals surface area contributed by atoms with Gasteiger partial charge in [0.15, 0.2) is 0 Å². The monoisotopic (exact) mass is 243 g/mol. The van der Waals surface area contributed by atoms with Gasteiger partial charge in [-0.25, -0.2) is 0 Å². The molecule has 18 heavy (non-hydrogen) atoms. The lowest BCUT2D eigenvalue weighted by molar-refractivity contribution is 0.238. The highest BCUT2D eigenvalue weighted by Crippen LogP contribution is 2.18. The first-order valence-electron chi connectivity index (χ1n) is 6.71. The van der Waals surface area contributed by atoms with Crippen molar-refractivity contribution in [2.24, 2.45) is 0 Å². The maximum absolute atomic E-state index is 3.60. The predicted molar refractivity (Wildman–Crippen MR) is 76.0 cm³/mol. The first-order chi connectivity index (χ1) is 8.70. The number of aromatic amines is 1. The second-order valence-corrected chi connectivity index (χ2v) is 5.49. The van der Waals surface area contributed by atoms with Gasteiger partial charge in [-0.05, 0) is 49.5 Å². The molecule has 1 aromatic carbocycles. The van der Waals surface area contributed by atoms with E-state index in [1.54, 1.807) is 0 Å². The number of nitrogens with one attached hydrogen (secondary N) is 2. The zero-order valence-corrected chi connectivity index (χ0v) is 11.2. The van der Waals surface area contributed by atoms with Crippen molar-refractivity contribution in [3.05, 3.63) is 35.5 Å². The van der Waals surface area contributed by atoms with E-state index < -0.39 is 0 Å². The van der Waals surface area contributed by atoms with Gasteiger partial charge in [0.05, 0.1) is 0 Å². The first kappa shape index (κ1) is 11.8. The van der Waals surface area contributed by atoms with Crippen LogP contribution in [0.1, 0.15) is 11.3 Å². The number of fused-ring (bicyclic) bond motifs is 1. The van der Waals surface area contributed by atoms with Crippen molar-refractivity contribution in [3.8, 4) is 0 Å². The van der Waals surface area contributed by atoms with Crippen molar-refractivity contribution in [2.45, 2.75) is 19.4 Å². The van der Waals surface area contributed by atoms with Gasteiger partial charge in [-0.15, -0.1) is 0 Å². The van der Waals surface area contributed by atoms with Gasteiger partial charge in [0.1, 0.15) is 0 Å². The van der Waals surface area contributed by atoms with E-state index >= 15 is 0 Å². The Kier molecular flexibility index (Phi) is 3.10. The highest BCUT2D eigenvalue weighted by Gasteiger charge is 2.16. The zero-order chi connectivity index (χ0) is 12.5. The Morgan fingerprint density at radius 1 is 1.33 bits per heavy atom. The minimum Gasteiger partial charge on any atom is -0.359 e. The van der Waals surface area contributed by atoms with Crippen LogP contribution in [0.25, 0.3) is 10.9 Å². The number of benzene rings is 1. The molecule has 2 N–H and O–H groups in total. The SMILES string of the molecule is Cc1cc2cc(CC3CN(C)CCN3)ccc2[nH]1. The molecule has 1 aliphatic rings. The number of likely N-dealkylation sites (N-methyl/N-ethyl adjacent to an activating group) is 1. The Balaban J connectivity index is 1.77. The summed E-state index contributed by atoms with van der Waals surface area (Å²) >= 11 is 0. The van der Waals surface area contributed by atoms with Crippen molar-refractivity contribution in [2.75, 3.05) is 26.7 Å². The number of aromatic nitrogens is 1. The third-order valence-corrected chi connectivity index (χ3v) is 3.76. The van der Waals surface area contributed by atoms with E-state index in [9.17, 15) is 0 Å². The van der Waals surface area contributed by atoms with Crippen molar-refractivity contribution in [1.82, 2.24) is 15.2 Å². The summed E-state index contributed by atoms with van der Waals surface area (Å²) in [6.07, 6.45) is 1.12. The Hall–Kier alpha value is -1.32. The van der Waals surface area contributed by atoms with Crippen LogP contribution in [-0.2, 0) is 6.42 Å². The van der Waals surface area contributed by atoms with Crippen LogP contribution in [-0.4, -0.2) is 42.6 Å². The molecule has 0 spiro atoms. The van der Waals surface area contributed by atoms with E-state index in [1.165, 1.54) is 22.2 Å². The number of H-pyrrole nitrogens is 1. The van der Waals surface area contributed by atoms with Crippen LogP contribution in [0.15, 0.2) is 24.3 Å². The van der Waals surface area contributed by atoms with Gasteiger partial charge in [0.2, 0.25) is 0 Å². The third kappa shape index (κ3) is 2.42. The maximum Gasteiger partial charge on any atom is 0.0456 e. The molecule has 1 fully saturated rings. The third-order valence-electron chi connectivity index (χ3n) is 3.76. The molecule has 0 bridgehead atoms. The Labute approximate surface area is 108 Å². The van der Waals surface area contributed by atoms with Crippen LogP contribution in [0.2, 0.25) is 0 Å². The van der Waals surface area contributed by atoms with Gasteiger partial charge in [0, 0.05) is 36.9 Å². The first-order valence-corrected chi connectivity index (χ1v) is 6.71. The summed E-state index contributed by atoms with van der Waals surface area (Å²) in [6.45, 7) is 5.51. The maximum atomic E-state index is 3.60. The van der Waals surface area contributed by atoms with E-state index in [0.29, 0.717) is 6.04 Å². The molecule has 0 aliphatic carbocycles. The largest absolute Gasteiger partial charge is 0.359 e. The minimum absolute atomic E-state index is 0.584.